The van der Waals surface area contributed by atoms with Crippen LogP contribution in [0.1, 0.15) is 23.5 Å². The summed E-state index contributed by atoms with van der Waals surface area (Å²) in [5.74, 6) is 0.926. The molecule has 2 bridgehead atoms. The number of hydrogen-bond acceptors (Lipinski definition) is 4. The molecule has 114 valence electrons. The molecule has 4 rings (SSSR count). The molecule has 1 aromatic carbocycles. The van der Waals surface area contributed by atoms with Gasteiger partial charge in [-0.15, -0.1) is 0 Å². The van der Waals surface area contributed by atoms with Crippen molar-refractivity contribution in [2.24, 2.45) is 5.92 Å². The highest BCUT2D eigenvalue weighted by molar-refractivity contribution is 6.30. The summed E-state index contributed by atoms with van der Waals surface area (Å²) in [6.45, 7) is 0.981. The summed E-state index contributed by atoms with van der Waals surface area (Å²) in [6.07, 6.45) is 3.69. The van der Waals surface area contributed by atoms with Crippen LogP contribution in [0.3, 0.4) is 0 Å². The Bertz CT molecular complexity index is 715. The second-order valence-electron chi connectivity index (χ2n) is 5.96. The molecule has 2 aliphatic rings. The Morgan fingerprint density at radius 1 is 1.41 bits per heavy atom. The number of piperidine rings is 1. The van der Waals surface area contributed by atoms with Crippen molar-refractivity contribution < 1.29 is 9.21 Å². The van der Waals surface area contributed by atoms with E-state index in [1.54, 1.807) is 18.3 Å². The van der Waals surface area contributed by atoms with E-state index in [1.165, 1.54) is 0 Å². The van der Waals surface area contributed by atoms with Crippen LogP contribution in [0.4, 0.5) is 0 Å². The summed E-state index contributed by atoms with van der Waals surface area (Å²) in [4.78, 5) is 16.4. The third kappa shape index (κ3) is 2.51. The van der Waals surface area contributed by atoms with Gasteiger partial charge in [-0.3, -0.25) is 4.79 Å². The van der Waals surface area contributed by atoms with E-state index in [1.807, 2.05) is 12.1 Å². The fraction of sp³-hybridized carbons (Fsp3) is 0.375. The maximum atomic E-state index is 12.3. The number of rotatable bonds is 3. The van der Waals surface area contributed by atoms with Crippen LogP contribution < -0.4 is 10.6 Å². The fourth-order valence-corrected chi connectivity index (χ4v) is 3.59. The van der Waals surface area contributed by atoms with E-state index in [4.69, 9.17) is 16.0 Å². The molecular formula is C16H16ClN3O2. The number of hydrogen-bond donors (Lipinski definition) is 2. The van der Waals surface area contributed by atoms with E-state index in [0.717, 1.165) is 24.9 Å². The van der Waals surface area contributed by atoms with Crippen LogP contribution in [0.2, 0.25) is 5.02 Å². The monoisotopic (exact) mass is 317 g/mol. The summed E-state index contributed by atoms with van der Waals surface area (Å²) in [6, 6.07) is 8.05. The molecule has 0 radical (unpaired) electrons. The summed E-state index contributed by atoms with van der Waals surface area (Å²) in [5, 5.41) is 7.09. The molecule has 3 atom stereocenters. The molecule has 3 unspecified atom stereocenters. The number of carbonyl (C=O) groups is 1. The molecule has 1 saturated carbocycles. The molecule has 1 saturated heterocycles. The molecule has 2 heterocycles. The molecule has 1 amide bonds. The first kappa shape index (κ1) is 13.8. The van der Waals surface area contributed by atoms with Crippen molar-refractivity contribution in [2.45, 2.75) is 24.9 Å². The highest BCUT2D eigenvalue weighted by atomic mass is 35.5. The molecule has 1 aromatic heterocycles. The molecule has 1 aliphatic heterocycles. The van der Waals surface area contributed by atoms with E-state index >= 15 is 0 Å². The number of carbonyl (C=O) groups excluding carboxylic acids is 1. The first-order valence-electron chi connectivity index (χ1n) is 7.45. The van der Waals surface area contributed by atoms with Crippen molar-refractivity contribution in [3.05, 3.63) is 41.4 Å². The van der Waals surface area contributed by atoms with Crippen LogP contribution in [0.25, 0.3) is 11.3 Å². The largest absolute Gasteiger partial charge is 0.432 e. The normalized spacial score (nSPS) is 26.3. The number of nitrogens with zero attached hydrogens (tertiary/aromatic N) is 1. The second-order valence-corrected chi connectivity index (χ2v) is 6.39. The quantitative estimate of drug-likeness (QED) is 0.912. The van der Waals surface area contributed by atoms with Gasteiger partial charge in [-0.05, 0) is 30.9 Å². The number of amides is 1. The van der Waals surface area contributed by atoms with E-state index in [9.17, 15) is 4.79 Å². The van der Waals surface area contributed by atoms with Crippen molar-refractivity contribution in [3.8, 4) is 11.3 Å². The van der Waals surface area contributed by atoms with E-state index in [-0.39, 0.29) is 17.8 Å². The highest BCUT2D eigenvalue weighted by Crippen LogP contribution is 2.31. The lowest BCUT2D eigenvalue weighted by Gasteiger charge is -2.22. The minimum atomic E-state index is -0.245. The lowest BCUT2D eigenvalue weighted by Crippen LogP contribution is -2.44. The van der Waals surface area contributed by atoms with Crippen LogP contribution in [0, 0.1) is 5.92 Å². The number of halogens is 1. The zero-order valence-electron chi connectivity index (χ0n) is 11.9. The van der Waals surface area contributed by atoms with Gasteiger partial charge in [-0.2, -0.15) is 0 Å². The minimum Gasteiger partial charge on any atom is -0.432 e. The summed E-state index contributed by atoms with van der Waals surface area (Å²) >= 11 is 5.97. The highest BCUT2D eigenvalue weighted by Gasteiger charge is 2.40. The van der Waals surface area contributed by atoms with Gasteiger partial charge < -0.3 is 15.1 Å². The minimum absolute atomic E-state index is 0.103. The molecular weight excluding hydrogens is 302 g/mol. The molecule has 0 spiro atoms. The summed E-state index contributed by atoms with van der Waals surface area (Å²) in [7, 11) is 0. The van der Waals surface area contributed by atoms with Crippen LogP contribution in [0.15, 0.2) is 34.9 Å². The van der Waals surface area contributed by atoms with Gasteiger partial charge in [0.25, 0.3) is 5.89 Å². The molecule has 2 aromatic rings. The van der Waals surface area contributed by atoms with E-state index in [0.29, 0.717) is 22.7 Å². The van der Waals surface area contributed by atoms with Gasteiger partial charge in [0.1, 0.15) is 0 Å². The number of aromatic nitrogens is 1. The Morgan fingerprint density at radius 2 is 2.32 bits per heavy atom. The van der Waals surface area contributed by atoms with Gasteiger partial charge in [0.15, 0.2) is 5.76 Å². The third-order valence-corrected chi connectivity index (χ3v) is 4.72. The third-order valence-electron chi connectivity index (χ3n) is 4.49. The molecule has 6 heteroatoms. The maximum Gasteiger partial charge on any atom is 0.307 e. The topological polar surface area (TPSA) is 67.2 Å². The van der Waals surface area contributed by atoms with E-state index in [2.05, 4.69) is 15.6 Å². The van der Waals surface area contributed by atoms with Gasteiger partial charge in [-0.25, -0.2) is 4.98 Å². The van der Waals surface area contributed by atoms with Crippen molar-refractivity contribution in [1.82, 2.24) is 15.6 Å². The molecule has 22 heavy (non-hydrogen) atoms. The van der Waals surface area contributed by atoms with Gasteiger partial charge in [-0.1, -0.05) is 23.7 Å². The number of fused-ring (bicyclic) bond motifs is 2. The van der Waals surface area contributed by atoms with Gasteiger partial charge in [0.05, 0.1) is 6.20 Å². The maximum absolute atomic E-state index is 12.3. The molecule has 2 fully saturated rings. The predicted octanol–water partition coefficient (Wildman–Crippen LogP) is 2.48. The Morgan fingerprint density at radius 3 is 3.05 bits per heavy atom. The van der Waals surface area contributed by atoms with Crippen molar-refractivity contribution in [2.75, 3.05) is 6.54 Å². The van der Waals surface area contributed by atoms with Crippen LogP contribution >= 0.6 is 11.6 Å². The van der Waals surface area contributed by atoms with Crippen molar-refractivity contribution in [3.63, 3.8) is 0 Å². The Kier molecular flexibility index (Phi) is 3.39. The molecule has 1 aliphatic carbocycles. The second kappa shape index (κ2) is 5.41. The van der Waals surface area contributed by atoms with Crippen LogP contribution in [-0.2, 0) is 0 Å². The van der Waals surface area contributed by atoms with Crippen molar-refractivity contribution in [1.29, 1.82) is 0 Å². The molecule has 2 N–H and O–H groups in total. The summed E-state index contributed by atoms with van der Waals surface area (Å²) < 4.78 is 5.58. The number of benzene rings is 1. The first-order chi connectivity index (χ1) is 10.7. The summed E-state index contributed by atoms with van der Waals surface area (Å²) in [5.41, 5.74) is 0.808. The van der Waals surface area contributed by atoms with Crippen LogP contribution in [0.5, 0.6) is 0 Å². The van der Waals surface area contributed by atoms with E-state index < -0.39 is 0 Å². The standard InChI is InChI=1S/C16H16ClN3O2/c17-11-3-1-2-9(4-11)14-8-19-16(22-14)15(21)20-13-6-12-5-10(13)7-18-12/h1-4,8,10,12-13,18H,5-7H2,(H,20,21). The lowest BCUT2D eigenvalue weighted by atomic mass is 10.0. The Labute approximate surface area is 133 Å². The van der Waals surface area contributed by atoms with Gasteiger partial charge in [0, 0.05) is 29.2 Å². The zero-order valence-corrected chi connectivity index (χ0v) is 12.6. The average Bonchev–Trinajstić information content (AvgIpc) is 3.23. The predicted molar refractivity (Wildman–Crippen MR) is 82.7 cm³/mol. The first-order valence-corrected chi connectivity index (χ1v) is 7.83. The van der Waals surface area contributed by atoms with Gasteiger partial charge >= 0.3 is 5.91 Å². The fourth-order valence-electron chi connectivity index (χ4n) is 3.40. The number of oxazole rings is 1. The van der Waals surface area contributed by atoms with Crippen molar-refractivity contribution >= 4 is 17.5 Å². The van der Waals surface area contributed by atoms with Gasteiger partial charge in [0.2, 0.25) is 0 Å². The molecule has 5 nitrogen and oxygen atoms in total. The SMILES string of the molecule is O=C(NC1CC2CC1CN2)c1ncc(-c2cccc(Cl)c2)o1. The number of nitrogens with one attached hydrogen (secondary N) is 2. The van der Waals surface area contributed by atoms with Crippen LogP contribution in [-0.4, -0.2) is 29.5 Å². The Balaban J connectivity index is 1.48. The average molecular weight is 318 g/mol. The lowest BCUT2D eigenvalue weighted by molar-refractivity contribution is 0.0890. The Hall–Kier alpha value is -1.85. The smallest absolute Gasteiger partial charge is 0.307 e. The zero-order chi connectivity index (χ0) is 15.1.